The smallest absolute Gasteiger partial charge is 0.245 e. The van der Waals surface area contributed by atoms with E-state index < -0.39 is 46.2 Å². The Morgan fingerprint density at radius 3 is 2.27 bits per heavy atom. The van der Waals surface area contributed by atoms with Crippen molar-refractivity contribution >= 4 is 38.5 Å². The van der Waals surface area contributed by atoms with E-state index in [4.69, 9.17) is 10.5 Å². The molecular formula is C26H30N4O6S. The first-order chi connectivity index (χ1) is 17.6. The van der Waals surface area contributed by atoms with Crippen LogP contribution in [-0.2, 0) is 35.7 Å². The fraction of sp³-hybridized carbons (Fsp3) is 0.269. The van der Waals surface area contributed by atoms with E-state index in [1.807, 2.05) is 42.5 Å². The number of methoxy groups -OCH3 is 1. The van der Waals surface area contributed by atoms with Crippen molar-refractivity contribution in [3.63, 3.8) is 0 Å². The summed E-state index contributed by atoms with van der Waals surface area (Å²) in [5.41, 5.74) is 6.99. The van der Waals surface area contributed by atoms with Gasteiger partial charge in [0.25, 0.3) is 0 Å². The molecular weight excluding hydrogens is 496 g/mol. The third-order valence-corrected chi connectivity index (χ3v) is 7.14. The monoisotopic (exact) mass is 526 g/mol. The van der Waals surface area contributed by atoms with Gasteiger partial charge in [-0.25, -0.2) is 8.42 Å². The third-order valence-electron chi connectivity index (χ3n) is 5.65. The molecule has 3 amide bonds. The number of carbonyl (C=O) groups is 3. The van der Waals surface area contributed by atoms with Crippen molar-refractivity contribution in [1.82, 2.24) is 15.4 Å². The molecule has 0 bridgehead atoms. The molecule has 3 aromatic rings. The van der Waals surface area contributed by atoms with Gasteiger partial charge in [-0.1, -0.05) is 60.2 Å². The summed E-state index contributed by atoms with van der Waals surface area (Å²) >= 11 is 0. The number of sulfonamides is 1. The molecule has 37 heavy (non-hydrogen) atoms. The summed E-state index contributed by atoms with van der Waals surface area (Å²) in [5, 5.41) is 7.24. The van der Waals surface area contributed by atoms with Crippen LogP contribution in [0.5, 0.6) is 0 Å². The van der Waals surface area contributed by atoms with Gasteiger partial charge < -0.3 is 21.1 Å². The Morgan fingerprint density at radius 2 is 1.59 bits per heavy atom. The van der Waals surface area contributed by atoms with E-state index in [0.717, 1.165) is 21.9 Å². The maximum absolute atomic E-state index is 13.0. The van der Waals surface area contributed by atoms with Crippen LogP contribution in [0.2, 0.25) is 0 Å². The molecule has 10 nitrogen and oxygen atoms in total. The van der Waals surface area contributed by atoms with Gasteiger partial charge >= 0.3 is 0 Å². The van der Waals surface area contributed by atoms with Gasteiger partial charge in [0.05, 0.1) is 17.9 Å². The molecule has 3 rings (SSSR count). The Labute approximate surface area is 215 Å². The highest BCUT2D eigenvalue weighted by atomic mass is 32.2. The van der Waals surface area contributed by atoms with Gasteiger partial charge in [0.2, 0.25) is 27.7 Å². The predicted molar refractivity (Wildman–Crippen MR) is 139 cm³/mol. The van der Waals surface area contributed by atoms with Crippen LogP contribution in [0.3, 0.4) is 0 Å². The number of aryl methyl sites for hydroxylation is 1. The Hall–Kier alpha value is -3.80. The number of amides is 3. The minimum atomic E-state index is -4.15. The number of ether oxygens (including phenoxy) is 1. The van der Waals surface area contributed by atoms with Crippen LogP contribution in [0, 0.1) is 6.92 Å². The standard InChI is InChI=1S/C26H30N4O6S/c1-17-10-12-20(13-11-17)37(34,35)30-22(14-24(27)31)26(33)29-23(16-36-2)25(32)28-15-19-8-5-7-18-6-3-4-9-21(18)19/h3-13,22-23,30H,14-16H2,1-2H3,(H2,27,31)(H,28,32)(H,29,33)/t22-,23-/m0/s1. The first-order valence-electron chi connectivity index (χ1n) is 11.5. The summed E-state index contributed by atoms with van der Waals surface area (Å²) in [7, 11) is -2.79. The zero-order valence-electron chi connectivity index (χ0n) is 20.6. The topological polar surface area (TPSA) is 157 Å². The number of nitrogens with one attached hydrogen (secondary N) is 3. The zero-order valence-corrected chi connectivity index (χ0v) is 21.4. The van der Waals surface area contributed by atoms with Crippen molar-refractivity contribution in [3.05, 3.63) is 77.9 Å². The number of nitrogens with two attached hydrogens (primary N) is 1. The van der Waals surface area contributed by atoms with E-state index in [2.05, 4.69) is 15.4 Å². The van der Waals surface area contributed by atoms with E-state index in [1.165, 1.54) is 19.2 Å². The lowest BCUT2D eigenvalue weighted by Crippen LogP contribution is -2.55. The van der Waals surface area contributed by atoms with Crippen LogP contribution < -0.4 is 21.1 Å². The van der Waals surface area contributed by atoms with Crippen molar-refractivity contribution in [2.75, 3.05) is 13.7 Å². The van der Waals surface area contributed by atoms with Gasteiger partial charge in [-0.05, 0) is 35.4 Å². The number of hydrogen-bond acceptors (Lipinski definition) is 6. The van der Waals surface area contributed by atoms with Crippen LogP contribution in [0.15, 0.2) is 71.6 Å². The highest BCUT2D eigenvalue weighted by Crippen LogP contribution is 2.18. The molecule has 0 aliphatic rings. The number of carbonyl (C=O) groups excluding carboxylic acids is 3. The van der Waals surface area contributed by atoms with Gasteiger partial charge in [-0.2, -0.15) is 4.72 Å². The molecule has 196 valence electrons. The van der Waals surface area contributed by atoms with E-state index in [-0.39, 0.29) is 18.0 Å². The average Bonchev–Trinajstić information content (AvgIpc) is 2.86. The second kappa shape index (κ2) is 12.4. The first-order valence-corrected chi connectivity index (χ1v) is 13.0. The molecule has 3 aromatic carbocycles. The number of rotatable bonds is 12. The Morgan fingerprint density at radius 1 is 0.919 bits per heavy atom. The summed E-state index contributed by atoms with van der Waals surface area (Å²) in [5.74, 6) is -2.32. The lowest BCUT2D eigenvalue weighted by atomic mass is 10.0. The molecule has 0 spiro atoms. The van der Waals surface area contributed by atoms with Gasteiger partial charge in [0.15, 0.2) is 0 Å². The van der Waals surface area contributed by atoms with Gasteiger partial charge in [0.1, 0.15) is 12.1 Å². The highest BCUT2D eigenvalue weighted by molar-refractivity contribution is 7.89. The number of fused-ring (bicyclic) bond motifs is 1. The van der Waals surface area contributed by atoms with Gasteiger partial charge in [-0.15, -0.1) is 0 Å². The summed E-state index contributed by atoms with van der Waals surface area (Å²) in [6, 6.07) is 16.7. The third kappa shape index (κ3) is 7.59. The van der Waals surface area contributed by atoms with Crippen molar-refractivity contribution in [2.45, 2.75) is 36.9 Å². The SMILES string of the molecule is COC[C@H](NC(=O)[C@H](CC(N)=O)NS(=O)(=O)c1ccc(C)cc1)C(=O)NCc1cccc2ccccc12. The number of hydrogen-bond donors (Lipinski definition) is 4. The molecule has 0 saturated heterocycles. The largest absolute Gasteiger partial charge is 0.382 e. The summed E-state index contributed by atoms with van der Waals surface area (Å²) in [6.45, 7) is 1.82. The molecule has 0 radical (unpaired) electrons. The van der Waals surface area contributed by atoms with Crippen LogP contribution >= 0.6 is 0 Å². The fourth-order valence-corrected chi connectivity index (χ4v) is 4.93. The van der Waals surface area contributed by atoms with E-state index in [1.54, 1.807) is 19.1 Å². The lowest BCUT2D eigenvalue weighted by Gasteiger charge is -2.22. The average molecular weight is 527 g/mol. The number of benzene rings is 3. The van der Waals surface area contributed by atoms with Crippen LogP contribution in [-0.4, -0.2) is 51.9 Å². The number of primary amides is 1. The molecule has 5 N–H and O–H groups in total. The molecule has 0 unspecified atom stereocenters. The molecule has 0 saturated carbocycles. The fourth-order valence-electron chi connectivity index (χ4n) is 3.74. The molecule has 0 aliphatic carbocycles. The highest BCUT2D eigenvalue weighted by Gasteiger charge is 2.30. The summed E-state index contributed by atoms with van der Waals surface area (Å²) < 4.78 is 32.9. The Kier molecular flexibility index (Phi) is 9.34. The molecule has 0 heterocycles. The quantitative estimate of drug-likeness (QED) is 0.277. The molecule has 0 aliphatic heterocycles. The Balaban J connectivity index is 1.72. The molecule has 0 fully saturated rings. The van der Waals surface area contributed by atoms with Gasteiger partial charge in [-0.3, -0.25) is 14.4 Å². The minimum absolute atomic E-state index is 0.0818. The second-order valence-electron chi connectivity index (χ2n) is 8.53. The maximum atomic E-state index is 13.0. The van der Waals surface area contributed by atoms with Crippen molar-refractivity contribution < 1.29 is 27.5 Å². The van der Waals surface area contributed by atoms with E-state index in [9.17, 15) is 22.8 Å². The van der Waals surface area contributed by atoms with Gasteiger partial charge in [0, 0.05) is 13.7 Å². The normalized spacial score (nSPS) is 13.0. The maximum Gasteiger partial charge on any atom is 0.245 e. The van der Waals surface area contributed by atoms with Crippen molar-refractivity contribution in [3.8, 4) is 0 Å². The van der Waals surface area contributed by atoms with E-state index in [0.29, 0.717) is 0 Å². The lowest BCUT2D eigenvalue weighted by molar-refractivity contribution is -0.132. The summed E-state index contributed by atoms with van der Waals surface area (Å²) in [6.07, 6.45) is -0.603. The van der Waals surface area contributed by atoms with E-state index >= 15 is 0 Å². The van der Waals surface area contributed by atoms with Crippen LogP contribution in [0.1, 0.15) is 17.5 Å². The molecule has 2 atom stereocenters. The van der Waals surface area contributed by atoms with Crippen molar-refractivity contribution in [1.29, 1.82) is 0 Å². The first kappa shape index (κ1) is 27.8. The zero-order chi connectivity index (χ0) is 27.0. The van der Waals surface area contributed by atoms with Crippen LogP contribution in [0.25, 0.3) is 10.8 Å². The summed E-state index contributed by atoms with van der Waals surface area (Å²) in [4.78, 5) is 37.4. The van der Waals surface area contributed by atoms with Crippen molar-refractivity contribution in [2.24, 2.45) is 5.73 Å². The predicted octanol–water partition coefficient (Wildman–Crippen LogP) is 1.12. The minimum Gasteiger partial charge on any atom is -0.382 e. The molecule has 11 heteroatoms. The van der Waals surface area contributed by atoms with Crippen LogP contribution in [0.4, 0.5) is 0 Å². The second-order valence-corrected chi connectivity index (χ2v) is 10.2. The Bertz CT molecular complexity index is 1370. The molecule has 0 aromatic heterocycles.